The van der Waals surface area contributed by atoms with Gasteiger partial charge in [-0.25, -0.2) is 0 Å². The van der Waals surface area contributed by atoms with Crippen LogP contribution in [0.3, 0.4) is 0 Å². The summed E-state index contributed by atoms with van der Waals surface area (Å²) in [6, 6.07) is -1.70. The zero-order valence-electron chi connectivity index (χ0n) is 24.2. The Morgan fingerprint density at radius 3 is 2.62 bits per heavy atom. The number of cyclic esters (lactones) is 1. The van der Waals surface area contributed by atoms with Gasteiger partial charge in [0.05, 0.1) is 38.3 Å². The fraction of sp³-hybridized carbons (Fsp3) is 0.724. The zero-order valence-corrected chi connectivity index (χ0v) is 25.8. The predicted octanol–water partition coefficient (Wildman–Crippen LogP) is 0.189. The highest BCUT2D eigenvalue weighted by Gasteiger charge is 2.75. The number of likely N-dealkylation sites (tertiary alicyclic amines) is 1. The number of esters is 1. The van der Waals surface area contributed by atoms with Gasteiger partial charge in [0.2, 0.25) is 17.7 Å². The van der Waals surface area contributed by atoms with E-state index in [1.165, 1.54) is 4.90 Å². The molecule has 5 rings (SSSR count). The second-order valence-electron chi connectivity index (χ2n) is 11.6. The first-order valence-electron chi connectivity index (χ1n) is 14.9. The van der Waals surface area contributed by atoms with Crippen LogP contribution in [0.25, 0.3) is 0 Å². The Kier molecular flexibility index (Phi) is 9.73. The third-order valence-corrected chi connectivity index (χ3v) is 9.66. The minimum absolute atomic E-state index is 0.137. The van der Waals surface area contributed by atoms with E-state index < -0.39 is 53.6 Å². The topological polar surface area (TPSA) is 138 Å². The van der Waals surface area contributed by atoms with E-state index in [0.29, 0.717) is 43.6 Å². The Morgan fingerprint density at radius 1 is 1.14 bits per heavy atom. The molecule has 1 spiro atoms. The predicted molar refractivity (Wildman–Crippen MR) is 154 cm³/mol. The molecule has 5 heterocycles. The molecule has 2 N–H and O–H groups in total. The number of ether oxygens (including phenoxy) is 3. The minimum atomic E-state index is -1.39. The maximum absolute atomic E-state index is 14.6. The number of nitrogens with one attached hydrogen (secondary N) is 1. The van der Waals surface area contributed by atoms with E-state index in [9.17, 15) is 24.3 Å². The smallest absolute Gasteiger partial charge is 0.313 e. The number of fused-ring (bicyclic) bond motifs is 2. The molecule has 0 aromatic heterocycles. The minimum Gasteiger partial charge on any atom is -0.460 e. The van der Waals surface area contributed by atoms with Crippen molar-refractivity contribution in [3.05, 3.63) is 22.7 Å². The van der Waals surface area contributed by atoms with E-state index in [0.717, 1.165) is 13.1 Å². The summed E-state index contributed by atoms with van der Waals surface area (Å²) >= 11 is 3.55. The summed E-state index contributed by atoms with van der Waals surface area (Å²) in [5, 5.41) is 13.1. The average Bonchev–Trinajstić information content (AvgIpc) is 3.57. The van der Waals surface area contributed by atoms with Crippen LogP contribution >= 0.6 is 15.9 Å². The van der Waals surface area contributed by atoms with Crippen LogP contribution in [0, 0.1) is 11.8 Å². The van der Waals surface area contributed by atoms with Crippen LogP contribution in [0.1, 0.15) is 33.1 Å². The van der Waals surface area contributed by atoms with Crippen molar-refractivity contribution in [3.8, 4) is 0 Å². The van der Waals surface area contributed by atoms with E-state index in [-0.39, 0.29) is 37.9 Å². The zero-order chi connectivity index (χ0) is 30.0. The van der Waals surface area contributed by atoms with Crippen LogP contribution in [-0.2, 0) is 33.4 Å². The van der Waals surface area contributed by atoms with Gasteiger partial charge in [-0.2, -0.15) is 0 Å². The fourth-order valence-electron chi connectivity index (χ4n) is 6.76. The number of nitrogens with zero attached hydrogens (tertiary/aromatic N) is 3. The molecule has 3 saturated heterocycles. The van der Waals surface area contributed by atoms with Gasteiger partial charge >= 0.3 is 5.97 Å². The Balaban J connectivity index is 1.54. The molecule has 3 amide bonds. The summed E-state index contributed by atoms with van der Waals surface area (Å²) in [6.45, 7) is 7.42. The van der Waals surface area contributed by atoms with Gasteiger partial charge in [0.15, 0.2) is 0 Å². The number of amides is 3. The van der Waals surface area contributed by atoms with Gasteiger partial charge in [-0.1, -0.05) is 35.0 Å². The quantitative estimate of drug-likeness (QED) is 0.304. The second kappa shape index (κ2) is 13.1. The van der Waals surface area contributed by atoms with Gasteiger partial charge in [-0.15, -0.1) is 0 Å². The summed E-state index contributed by atoms with van der Waals surface area (Å²) in [4.78, 5) is 60.3. The van der Waals surface area contributed by atoms with Gasteiger partial charge in [-0.3, -0.25) is 24.1 Å². The molecule has 0 radical (unpaired) electrons. The average molecular weight is 654 g/mol. The van der Waals surface area contributed by atoms with Gasteiger partial charge in [0, 0.05) is 43.6 Å². The summed E-state index contributed by atoms with van der Waals surface area (Å²) in [5.41, 5.74) is -1.39. The third kappa shape index (κ3) is 5.78. The molecule has 0 aromatic rings. The SMILES string of the molecule is CC[C@@H](CO)N1C(=O)[C@@H]2[C@H]3C(=O)O[C@@H](C)CNC(=O)CC/C=C\CN(CCN4CCOCC4)C(=O)[C@@H]1[C@]21C=C(Br)[C@H]3O1. The first kappa shape index (κ1) is 31.1. The van der Waals surface area contributed by atoms with E-state index in [1.54, 1.807) is 17.9 Å². The molecule has 5 bridgehead atoms. The van der Waals surface area contributed by atoms with Gasteiger partial charge in [0.25, 0.3) is 0 Å². The highest BCUT2D eigenvalue weighted by Crippen LogP contribution is 2.59. The van der Waals surface area contributed by atoms with Crippen molar-refractivity contribution >= 4 is 39.6 Å². The fourth-order valence-corrected chi connectivity index (χ4v) is 7.50. The van der Waals surface area contributed by atoms with Crippen LogP contribution in [-0.4, -0.2) is 132 Å². The van der Waals surface area contributed by atoms with Gasteiger partial charge in [0.1, 0.15) is 29.8 Å². The molecular weight excluding hydrogens is 612 g/mol. The van der Waals surface area contributed by atoms with Crippen molar-refractivity contribution < 1.29 is 38.5 Å². The van der Waals surface area contributed by atoms with Crippen LogP contribution in [0.5, 0.6) is 0 Å². The number of hydrogen-bond donors (Lipinski definition) is 2. The largest absolute Gasteiger partial charge is 0.460 e. The van der Waals surface area contributed by atoms with Crippen molar-refractivity contribution in [1.82, 2.24) is 20.0 Å². The number of morpholine rings is 1. The van der Waals surface area contributed by atoms with Crippen molar-refractivity contribution in [2.24, 2.45) is 11.8 Å². The Hall–Kier alpha value is -2.32. The lowest BCUT2D eigenvalue weighted by atomic mass is 9.74. The highest BCUT2D eigenvalue weighted by atomic mass is 79.9. The molecule has 232 valence electrons. The number of rotatable bonds is 6. The summed E-state index contributed by atoms with van der Waals surface area (Å²) < 4.78 is 18.3. The molecule has 0 unspecified atom stereocenters. The van der Waals surface area contributed by atoms with E-state index in [1.807, 2.05) is 19.1 Å². The number of carbonyl (C=O) groups is 4. The first-order valence-corrected chi connectivity index (χ1v) is 15.7. The van der Waals surface area contributed by atoms with Crippen LogP contribution in [0.15, 0.2) is 22.7 Å². The molecule has 12 nitrogen and oxygen atoms in total. The molecule has 5 aliphatic rings. The summed E-state index contributed by atoms with van der Waals surface area (Å²) in [7, 11) is 0. The molecule has 42 heavy (non-hydrogen) atoms. The highest BCUT2D eigenvalue weighted by molar-refractivity contribution is 9.11. The molecule has 0 aromatic carbocycles. The molecule has 0 saturated carbocycles. The number of halogens is 1. The maximum Gasteiger partial charge on any atom is 0.313 e. The Labute approximate surface area is 254 Å². The van der Waals surface area contributed by atoms with Gasteiger partial charge in [-0.05, 0) is 25.8 Å². The van der Waals surface area contributed by atoms with E-state index in [2.05, 4.69) is 26.1 Å². The summed E-state index contributed by atoms with van der Waals surface area (Å²) in [5.74, 6) is -3.46. The lowest BCUT2D eigenvalue weighted by Crippen LogP contribution is -2.59. The number of aliphatic hydroxyl groups excluding tert-OH is 1. The number of aliphatic hydroxyl groups is 1. The monoisotopic (exact) mass is 652 g/mol. The van der Waals surface area contributed by atoms with Gasteiger partial charge < -0.3 is 34.4 Å². The normalized spacial score (nSPS) is 36.0. The summed E-state index contributed by atoms with van der Waals surface area (Å²) in [6.07, 6.45) is 5.27. The second-order valence-corrected chi connectivity index (χ2v) is 12.5. The molecule has 3 fully saturated rings. The van der Waals surface area contributed by atoms with Crippen LogP contribution in [0.4, 0.5) is 0 Å². The van der Waals surface area contributed by atoms with Crippen molar-refractivity contribution in [2.45, 2.75) is 63.0 Å². The number of carbonyl (C=O) groups excluding carboxylic acids is 4. The number of allylic oxidation sites excluding steroid dienone is 1. The van der Waals surface area contributed by atoms with E-state index in [4.69, 9.17) is 14.2 Å². The Morgan fingerprint density at radius 2 is 1.90 bits per heavy atom. The first-order chi connectivity index (χ1) is 20.2. The third-order valence-electron chi connectivity index (χ3n) is 8.98. The lowest BCUT2D eigenvalue weighted by molar-refractivity contribution is -0.159. The standard InChI is InChI=1S/C29H41BrN4O8/c1-3-19(17-35)34-25-27(38)33(10-9-32-11-13-40-14-12-32)8-6-4-5-7-21(36)31-16-18(2)41-28(39)22-23(26(34)37)29(25)15-20(30)24(22)42-29/h4,6,15,18-19,22-25,35H,3,5,7-14,16-17H2,1-2H3,(H,31,36)/b6-4-/t18-,19-,22+,23-,24+,25+,29-/m0/s1. The van der Waals surface area contributed by atoms with E-state index >= 15 is 0 Å². The molecule has 13 heteroatoms. The van der Waals surface area contributed by atoms with Crippen LogP contribution < -0.4 is 5.32 Å². The lowest BCUT2D eigenvalue weighted by Gasteiger charge is -2.39. The molecule has 0 aliphatic carbocycles. The van der Waals surface area contributed by atoms with Crippen molar-refractivity contribution in [1.29, 1.82) is 0 Å². The van der Waals surface area contributed by atoms with Crippen molar-refractivity contribution in [2.75, 3.05) is 59.1 Å². The van der Waals surface area contributed by atoms with Crippen molar-refractivity contribution in [3.63, 3.8) is 0 Å². The molecule has 5 aliphatic heterocycles. The number of hydrogen-bond acceptors (Lipinski definition) is 9. The molecular formula is C29H41BrN4O8. The van der Waals surface area contributed by atoms with Crippen LogP contribution in [0.2, 0.25) is 0 Å². The maximum atomic E-state index is 14.6. The molecule has 7 atom stereocenters. The Bertz CT molecular complexity index is 1120.